The van der Waals surface area contributed by atoms with Crippen LogP contribution in [-0.2, 0) is 22.9 Å². The molecule has 0 aliphatic heterocycles. The molecule has 12 heteroatoms. The van der Waals surface area contributed by atoms with E-state index in [1.807, 2.05) is 18.2 Å². The SMILES string of the molecule is C=CC(=O)N(C)c1cc(OC)cc(-c2cnc3c(c2)c(-c2ccnc(F)c2)cn3C(C)OP(=O)(OC(C)(C)C)OC(C)(C)C)c1. The number of ether oxygens (including phenoxy) is 1. The van der Waals surface area contributed by atoms with Crippen LogP contribution < -0.4 is 9.64 Å². The Balaban J connectivity index is 1.88. The van der Waals surface area contributed by atoms with E-state index in [0.29, 0.717) is 39.2 Å². The van der Waals surface area contributed by atoms with E-state index in [4.69, 9.17) is 23.3 Å². The maximum Gasteiger partial charge on any atom is 0.477 e. The first-order valence-electron chi connectivity index (χ1n) is 14.3. The van der Waals surface area contributed by atoms with E-state index < -0.39 is 31.2 Å². The topological polar surface area (TPSA) is 105 Å². The lowest BCUT2D eigenvalue weighted by Crippen LogP contribution is -2.25. The lowest BCUT2D eigenvalue weighted by Gasteiger charge is -2.32. The molecular weight excluding hydrogens is 598 g/mol. The number of halogens is 1. The molecule has 0 spiro atoms. The molecule has 0 aliphatic rings. The molecular formula is C33H40FN4O6P. The molecule has 0 radical (unpaired) electrons. The van der Waals surface area contributed by atoms with Crippen LogP contribution in [0.15, 0.2) is 67.6 Å². The predicted octanol–water partition coefficient (Wildman–Crippen LogP) is 8.34. The zero-order valence-electron chi connectivity index (χ0n) is 27.1. The van der Waals surface area contributed by atoms with Crippen LogP contribution >= 0.6 is 7.82 Å². The molecule has 0 saturated heterocycles. The maximum atomic E-state index is 14.3. The fourth-order valence-corrected chi connectivity index (χ4v) is 6.60. The molecule has 0 bridgehead atoms. The molecule has 4 aromatic rings. The third-order valence-corrected chi connectivity index (χ3v) is 8.61. The molecule has 1 unspecified atom stereocenters. The number of carbonyl (C=O) groups excluding carboxylic acids is 1. The minimum Gasteiger partial charge on any atom is -0.497 e. The molecule has 0 aliphatic carbocycles. The van der Waals surface area contributed by atoms with E-state index in [-0.39, 0.29) is 5.91 Å². The number of nitrogens with zero attached hydrogens (tertiary/aromatic N) is 4. The fraction of sp³-hybridized carbons (Fsp3) is 0.364. The molecule has 45 heavy (non-hydrogen) atoms. The highest BCUT2D eigenvalue weighted by atomic mass is 31.2. The number of pyridine rings is 2. The summed E-state index contributed by atoms with van der Waals surface area (Å²) in [4.78, 5) is 22.3. The number of amides is 1. The van der Waals surface area contributed by atoms with Gasteiger partial charge in [-0.1, -0.05) is 6.58 Å². The van der Waals surface area contributed by atoms with E-state index in [1.54, 1.807) is 91.7 Å². The molecule has 1 atom stereocenters. The minimum atomic E-state index is -4.10. The highest BCUT2D eigenvalue weighted by Crippen LogP contribution is 2.57. The Bertz CT molecular complexity index is 1760. The van der Waals surface area contributed by atoms with Crippen molar-refractivity contribution >= 4 is 30.5 Å². The first kappa shape index (κ1) is 34.0. The maximum absolute atomic E-state index is 14.3. The van der Waals surface area contributed by atoms with Crippen molar-refractivity contribution in [2.45, 2.75) is 65.9 Å². The first-order chi connectivity index (χ1) is 20.9. The third kappa shape index (κ3) is 8.23. The van der Waals surface area contributed by atoms with Crippen LogP contribution in [0.1, 0.15) is 54.7 Å². The Hall–Kier alpha value is -3.89. The number of aromatic nitrogens is 3. The van der Waals surface area contributed by atoms with Crippen LogP contribution in [0, 0.1) is 5.95 Å². The number of hydrogen-bond acceptors (Lipinski definition) is 8. The summed E-state index contributed by atoms with van der Waals surface area (Å²) >= 11 is 0. The van der Waals surface area contributed by atoms with Crippen molar-refractivity contribution in [2.75, 3.05) is 19.1 Å². The van der Waals surface area contributed by atoms with Crippen LogP contribution in [0.3, 0.4) is 0 Å². The van der Waals surface area contributed by atoms with Gasteiger partial charge in [0.25, 0.3) is 0 Å². The number of hydrogen-bond donors (Lipinski definition) is 0. The van der Waals surface area contributed by atoms with Gasteiger partial charge in [0.2, 0.25) is 11.9 Å². The molecule has 4 rings (SSSR count). The first-order valence-corrected chi connectivity index (χ1v) is 15.8. The second-order valence-corrected chi connectivity index (χ2v) is 14.0. The highest BCUT2D eigenvalue weighted by molar-refractivity contribution is 7.48. The van der Waals surface area contributed by atoms with Crippen molar-refractivity contribution in [3.8, 4) is 28.0 Å². The Morgan fingerprint density at radius 1 is 1.02 bits per heavy atom. The number of phosphoric acid groups is 1. The van der Waals surface area contributed by atoms with Gasteiger partial charge in [-0.15, -0.1) is 0 Å². The summed E-state index contributed by atoms with van der Waals surface area (Å²) < 4.78 is 53.2. The van der Waals surface area contributed by atoms with Gasteiger partial charge in [0.1, 0.15) is 17.6 Å². The summed E-state index contributed by atoms with van der Waals surface area (Å²) in [6.45, 7) is 15.9. The van der Waals surface area contributed by atoms with E-state index in [1.165, 1.54) is 23.2 Å². The van der Waals surface area contributed by atoms with Crippen molar-refractivity contribution in [1.29, 1.82) is 0 Å². The molecule has 3 aromatic heterocycles. The van der Waals surface area contributed by atoms with Gasteiger partial charge in [0, 0.05) is 60.0 Å². The van der Waals surface area contributed by atoms with Crippen molar-refractivity contribution < 1.29 is 32.1 Å². The van der Waals surface area contributed by atoms with Crippen LogP contribution in [-0.4, -0.2) is 45.8 Å². The second kappa shape index (κ2) is 12.8. The van der Waals surface area contributed by atoms with Gasteiger partial charge in [-0.3, -0.25) is 18.4 Å². The zero-order chi connectivity index (χ0) is 33.3. The Labute approximate surface area is 263 Å². The molecule has 1 amide bonds. The van der Waals surface area contributed by atoms with Gasteiger partial charge >= 0.3 is 7.82 Å². The van der Waals surface area contributed by atoms with E-state index in [9.17, 15) is 13.8 Å². The van der Waals surface area contributed by atoms with Crippen molar-refractivity contribution in [2.24, 2.45) is 0 Å². The van der Waals surface area contributed by atoms with Crippen molar-refractivity contribution in [1.82, 2.24) is 14.5 Å². The molecule has 3 heterocycles. The molecule has 0 fully saturated rings. The number of benzene rings is 1. The monoisotopic (exact) mass is 638 g/mol. The van der Waals surface area contributed by atoms with E-state index in [2.05, 4.69) is 11.6 Å². The van der Waals surface area contributed by atoms with Crippen molar-refractivity contribution in [3.63, 3.8) is 0 Å². The fourth-order valence-electron chi connectivity index (χ4n) is 4.66. The summed E-state index contributed by atoms with van der Waals surface area (Å²) in [6, 6.07) is 10.3. The molecule has 240 valence electrons. The summed E-state index contributed by atoms with van der Waals surface area (Å²) in [5.74, 6) is -0.384. The number of methoxy groups -OCH3 is 1. The van der Waals surface area contributed by atoms with Crippen LogP contribution in [0.5, 0.6) is 5.75 Å². The molecule has 0 N–H and O–H groups in total. The van der Waals surface area contributed by atoms with E-state index >= 15 is 0 Å². The minimum absolute atomic E-state index is 0.279. The largest absolute Gasteiger partial charge is 0.497 e. The summed E-state index contributed by atoms with van der Waals surface area (Å²) in [6.07, 6.45) is 5.18. The number of fused-ring (bicyclic) bond motifs is 1. The second-order valence-electron chi connectivity index (χ2n) is 12.5. The van der Waals surface area contributed by atoms with Crippen LogP contribution in [0.25, 0.3) is 33.3 Å². The Kier molecular flexibility index (Phi) is 9.70. The number of likely N-dealkylation sites (N-methyl/N-ethyl adjacent to an activating group) is 1. The predicted molar refractivity (Wildman–Crippen MR) is 174 cm³/mol. The molecule has 1 aromatic carbocycles. The number of carbonyl (C=O) groups is 1. The normalized spacial score (nSPS) is 13.1. The molecule has 10 nitrogen and oxygen atoms in total. The van der Waals surface area contributed by atoms with Crippen molar-refractivity contribution in [3.05, 3.63) is 73.6 Å². The lowest BCUT2D eigenvalue weighted by molar-refractivity contribution is -0.113. The van der Waals surface area contributed by atoms with Gasteiger partial charge in [-0.05, 0) is 89.9 Å². The van der Waals surface area contributed by atoms with Gasteiger partial charge in [0.05, 0.1) is 18.3 Å². The van der Waals surface area contributed by atoms with Gasteiger partial charge in [0.15, 0.2) is 0 Å². The summed E-state index contributed by atoms with van der Waals surface area (Å²) in [5, 5.41) is 0.664. The standard InChI is InChI=1S/C33H40FN4O6P/c1-11-30(39)37(9)25-14-23(15-26(18-25)41-10)24-16-27-28(22-12-13-35-29(34)17-22)20-38(31(27)36-19-24)21(2)42-45(40,43-32(3,4)5)44-33(6,7)8/h11-21H,1H2,2-10H3. The van der Waals surface area contributed by atoms with Crippen LogP contribution in [0.2, 0.25) is 0 Å². The summed E-state index contributed by atoms with van der Waals surface area (Å²) in [5.41, 5.74) is 2.06. The Morgan fingerprint density at radius 3 is 2.27 bits per heavy atom. The number of phosphoric ester groups is 1. The average Bonchev–Trinajstić information content (AvgIpc) is 3.33. The third-order valence-electron chi connectivity index (χ3n) is 6.50. The highest BCUT2D eigenvalue weighted by Gasteiger charge is 2.39. The quantitative estimate of drug-likeness (QED) is 0.0970. The van der Waals surface area contributed by atoms with E-state index in [0.717, 1.165) is 5.56 Å². The van der Waals surface area contributed by atoms with Gasteiger partial charge in [-0.25, -0.2) is 14.5 Å². The number of anilines is 1. The van der Waals surface area contributed by atoms with Gasteiger partial charge < -0.3 is 14.2 Å². The molecule has 0 saturated carbocycles. The average molecular weight is 639 g/mol. The summed E-state index contributed by atoms with van der Waals surface area (Å²) in [7, 11) is -0.906. The zero-order valence-corrected chi connectivity index (χ0v) is 28.0. The lowest BCUT2D eigenvalue weighted by atomic mass is 10.0. The number of rotatable bonds is 10. The smallest absolute Gasteiger partial charge is 0.477 e. The van der Waals surface area contributed by atoms with Crippen LogP contribution in [0.4, 0.5) is 10.1 Å². The van der Waals surface area contributed by atoms with Gasteiger partial charge in [-0.2, -0.15) is 4.39 Å². The Morgan fingerprint density at radius 2 is 1.69 bits per heavy atom.